The lowest BCUT2D eigenvalue weighted by atomic mass is 10.1. The molecule has 4 rings (SSSR count). The number of amides is 1. The second-order valence-electron chi connectivity index (χ2n) is 6.49. The molecule has 0 aliphatic carbocycles. The monoisotopic (exact) mass is 454 g/mol. The van der Waals surface area contributed by atoms with Gasteiger partial charge in [0.2, 0.25) is 5.91 Å². The van der Waals surface area contributed by atoms with Gasteiger partial charge in [0.15, 0.2) is 5.16 Å². The molecule has 1 atom stereocenters. The van der Waals surface area contributed by atoms with Crippen LogP contribution in [0, 0.1) is 0 Å². The van der Waals surface area contributed by atoms with Crippen LogP contribution in [-0.2, 0) is 4.79 Å². The molecule has 0 bridgehead atoms. The number of hydrogen-bond donors (Lipinski definition) is 1. The Morgan fingerprint density at radius 3 is 2.77 bits per heavy atom. The third-order valence-corrected chi connectivity index (χ3v) is 6.55. The Morgan fingerprint density at radius 2 is 2.00 bits per heavy atom. The van der Waals surface area contributed by atoms with Gasteiger partial charge in [0.25, 0.3) is 0 Å². The normalized spacial score (nSPS) is 11.9. The van der Waals surface area contributed by atoms with Crippen molar-refractivity contribution in [1.82, 2.24) is 20.1 Å². The SMILES string of the molecule is O=C(CCSc1nncn1-c1cccc(Cl)c1)NC(c1ccccc1)c1cccs1. The molecule has 8 heteroatoms. The average Bonchev–Trinajstić information content (AvgIpc) is 3.45. The zero-order valence-corrected chi connectivity index (χ0v) is 18.3. The number of carbonyl (C=O) groups excluding carboxylic acids is 1. The van der Waals surface area contributed by atoms with E-state index in [0.29, 0.717) is 17.2 Å². The molecule has 2 heterocycles. The average molecular weight is 455 g/mol. The maximum Gasteiger partial charge on any atom is 0.221 e. The summed E-state index contributed by atoms with van der Waals surface area (Å²) in [5.74, 6) is 0.593. The van der Waals surface area contributed by atoms with E-state index >= 15 is 0 Å². The Balaban J connectivity index is 1.38. The minimum atomic E-state index is -0.140. The predicted molar refractivity (Wildman–Crippen MR) is 122 cm³/mol. The third-order valence-electron chi connectivity index (χ3n) is 4.43. The molecule has 30 heavy (non-hydrogen) atoms. The summed E-state index contributed by atoms with van der Waals surface area (Å²) in [6, 6.07) is 21.4. The molecule has 0 aliphatic rings. The van der Waals surface area contributed by atoms with Crippen molar-refractivity contribution in [3.05, 3.63) is 93.9 Å². The number of rotatable bonds is 8. The number of hydrogen-bond acceptors (Lipinski definition) is 5. The van der Waals surface area contributed by atoms with Crippen molar-refractivity contribution < 1.29 is 4.79 Å². The summed E-state index contributed by atoms with van der Waals surface area (Å²) in [5, 5.41) is 14.7. The molecule has 0 spiro atoms. The summed E-state index contributed by atoms with van der Waals surface area (Å²) in [6.45, 7) is 0. The minimum Gasteiger partial charge on any atom is -0.344 e. The summed E-state index contributed by atoms with van der Waals surface area (Å²) >= 11 is 9.22. The standard InChI is InChI=1S/C22H19ClN4OS2/c23-17-8-4-9-18(14-17)27-15-24-26-22(27)30-13-11-20(28)25-21(19-10-5-12-29-19)16-6-2-1-3-7-16/h1-10,12,14-15,21H,11,13H2,(H,25,28). The van der Waals surface area contributed by atoms with Crippen molar-refractivity contribution in [2.24, 2.45) is 0 Å². The lowest BCUT2D eigenvalue weighted by molar-refractivity contribution is -0.121. The van der Waals surface area contributed by atoms with Crippen LogP contribution in [0.15, 0.2) is 83.6 Å². The third kappa shape index (κ3) is 5.11. The number of thioether (sulfide) groups is 1. The van der Waals surface area contributed by atoms with Gasteiger partial charge in [-0.05, 0) is 35.2 Å². The van der Waals surface area contributed by atoms with E-state index < -0.39 is 0 Å². The largest absolute Gasteiger partial charge is 0.344 e. The van der Waals surface area contributed by atoms with Gasteiger partial charge in [-0.3, -0.25) is 9.36 Å². The molecule has 152 valence electrons. The van der Waals surface area contributed by atoms with Gasteiger partial charge in [-0.2, -0.15) is 0 Å². The molecule has 1 N–H and O–H groups in total. The topological polar surface area (TPSA) is 59.8 Å². The molecular formula is C22H19ClN4OS2. The Morgan fingerprint density at radius 1 is 1.13 bits per heavy atom. The van der Waals surface area contributed by atoms with Gasteiger partial charge in [0.1, 0.15) is 6.33 Å². The highest BCUT2D eigenvalue weighted by Gasteiger charge is 2.18. The Kier molecular flexibility index (Phi) is 6.84. The van der Waals surface area contributed by atoms with E-state index in [0.717, 1.165) is 21.3 Å². The fourth-order valence-electron chi connectivity index (χ4n) is 3.01. The van der Waals surface area contributed by atoms with Gasteiger partial charge in [-0.15, -0.1) is 21.5 Å². The van der Waals surface area contributed by atoms with Crippen molar-refractivity contribution in [3.8, 4) is 5.69 Å². The van der Waals surface area contributed by atoms with E-state index in [1.165, 1.54) is 11.8 Å². The smallest absolute Gasteiger partial charge is 0.221 e. The first-order chi connectivity index (χ1) is 14.7. The van der Waals surface area contributed by atoms with Crippen LogP contribution in [0.25, 0.3) is 5.69 Å². The van der Waals surface area contributed by atoms with Crippen LogP contribution in [0.5, 0.6) is 0 Å². The number of aromatic nitrogens is 3. The van der Waals surface area contributed by atoms with E-state index in [-0.39, 0.29) is 11.9 Å². The van der Waals surface area contributed by atoms with Crippen LogP contribution in [0.4, 0.5) is 0 Å². The molecule has 0 saturated carbocycles. The molecule has 5 nitrogen and oxygen atoms in total. The molecule has 2 aromatic heterocycles. The second kappa shape index (κ2) is 9.93. The van der Waals surface area contributed by atoms with Crippen molar-refractivity contribution in [3.63, 3.8) is 0 Å². The predicted octanol–water partition coefficient (Wildman–Crippen LogP) is 5.37. The minimum absolute atomic E-state index is 0.00132. The van der Waals surface area contributed by atoms with Gasteiger partial charge in [-0.1, -0.05) is 65.8 Å². The first kappa shape index (κ1) is 20.7. The highest BCUT2D eigenvalue weighted by molar-refractivity contribution is 7.99. The maximum atomic E-state index is 12.7. The van der Waals surface area contributed by atoms with Crippen LogP contribution < -0.4 is 5.32 Å². The van der Waals surface area contributed by atoms with Crippen LogP contribution >= 0.6 is 34.7 Å². The van der Waals surface area contributed by atoms with E-state index in [1.54, 1.807) is 17.7 Å². The Labute approximate surface area is 188 Å². The molecule has 0 saturated heterocycles. The number of nitrogens with one attached hydrogen (secondary N) is 1. The molecule has 0 radical (unpaired) electrons. The fraction of sp³-hybridized carbons (Fsp3) is 0.136. The Bertz CT molecular complexity index is 1100. The molecule has 0 aliphatic heterocycles. The summed E-state index contributed by atoms with van der Waals surface area (Å²) in [6.07, 6.45) is 2.03. The highest BCUT2D eigenvalue weighted by Crippen LogP contribution is 2.26. The number of thiophene rings is 1. The Hall–Kier alpha value is -2.61. The van der Waals surface area contributed by atoms with Crippen LogP contribution in [-0.4, -0.2) is 26.4 Å². The van der Waals surface area contributed by atoms with Crippen molar-refractivity contribution in [2.45, 2.75) is 17.6 Å². The van der Waals surface area contributed by atoms with E-state index in [1.807, 2.05) is 76.7 Å². The summed E-state index contributed by atoms with van der Waals surface area (Å²) in [7, 11) is 0. The quantitative estimate of drug-likeness (QED) is 0.363. The summed E-state index contributed by atoms with van der Waals surface area (Å²) in [5.41, 5.74) is 1.96. The van der Waals surface area contributed by atoms with Gasteiger partial charge in [0.05, 0.1) is 11.7 Å². The highest BCUT2D eigenvalue weighted by atomic mass is 35.5. The molecular weight excluding hydrogens is 436 g/mol. The molecule has 1 unspecified atom stereocenters. The summed E-state index contributed by atoms with van der Waals surface area (Å²) < 4.78 is 1.87. The first-order valence-electron chi connectivity index (χ1n) is 9.37. The van der Waals surface area contributed by atoms with Gasteiger partial charge in [-0.25, -0.2) is 0 Å². The van der Waals surface area contributed by atoms with Crippen LogP contribution in [0.1, 0.15) is 22.9 Å². The molecule has 1 amide bonds. The van der Waals surface area contributed by atoms with E-state index in [2.05, 4.69) is 15.5 Å². The zero-order chi connectivity index (χ0) is 20.8. The number of carbonyl (C=O) groups is 1. The second-order valence-corrected chi connectivity index (χ2v) is 8.97. The lowest BCUT2D eigenvalue weighted by Crippen LogP contribution is -2.29. The van der Waals surface area contributed by atoms with Crippen molar-refractivity contribution in [1.29, 1.82) is 0 Å². The zero-order valence-electron chi connectivity index (χ0n) is 15.9. The van der Waals surface area contributed by atoms with Gasteiger partial charge < -0.3 is 5.32 Å². The van der Waals surface area contributed by atoms with Gasteiger partial charge >= 0.3 is 0 Å². The molecule has 2 aromatic carbocycles. The van der Waals surface area contributed by atoms with Crippen molar-refractivity contribution in [2.75, 3.05) is 5.75 Å². The first-order valence-corrected chi connectivity index (χ1v) is 11.6. The molecule has 4 aromatic rings. The number of halogens is 1. The summed E-state index contributed by atoms with van der Waals surface area (Å²) in [4.78, 5) is 13.8. The molecule has 0 fully saturated rings. The van der Waals surface area contributed by atoms with Crippen LogP contribution in [0.3, 0.4) is 0 Å². The van der Waals surface area contributed by atoms with E-state index in [9.17, 15) is 4.79 Å². The van der Waals surface area contributed by atoms with Crippen LogP contribution in [0.2, 0.25) is 5.02 Å². The van der Waals surface area contributed by atoms with Gasteiger partial charge in [0, 0.05) is 22.1 Å². The lowest BCUT2D eigenvalue weighted by Gasteiger charge is -2.18. The van der Waals surface area contributed by atoms with E-state index in [4.69, 9.17) is 11.6 Å². The fourth-order valence-corrected chi connectivity index (χ4v) is 4.87. The van der Waals surface area contributed by atoms with Crippen molar-refractivity contribution >= 4 is 40.6 Å². The number of nitrogens with zero attached hydrogens (tertiary/aromatic N) is 3. The maximum absolute atomic E-state index is 12.7. The number of benzene rings is 2.